The van der Waals surface area contributed by atoms with Gasteiger partial charge in [0.25, 0.3) is 0 Å². The van der Waals surface area contributed by atoms with Crippen LogP contribution in [0.15, 0.2) is 109 Å². The third-order valence-corrected chi connectivity index (χ3v) is 15.0. The molecule has 0 N–H and O–H groups in total. The van der Waals surface area contributed by atoms with Crippen LogP contribution in [0, 0.1) is 0 Å². The first-order valence-electron chi connectivity index (χ1n) is 34.9. The van der Waals surface area contributed by atoms with Crippen molar-refractivity contribution < 1.29 is 28.6 Å². The maximum Gasteiger partial charge on any atom is 0.306 e. The van der Waals surface area contributed by atoms with E-state index < -0.39 is 6.10 Å². The molecule has 0 amide bonds. The van der Waals surface area contributed by atoms with Crippen LogP contribution in [0.3, 0.4) is 0 Å². The van der Waals surface area contributed by atoms with Crippen molar-refractivity contribution >= 4 is 17.9 Å². The fourth-order valence-corrected chi connectivity index (χ4v) is 9.81. The summed E-state index contributed by atoms with van der Waals surface area (Å²) >= 11 is 0. The predicted octanol–water partition coefficient (Wildman–Crippen LogP) is 24.2. The van der Waals surface area contributed by atoms with Crippen molar-refractivity contribution in [3.8, 4) is 0 Å². The Kier molecular flexibility index (Phi) is 66.2. The molecule has 0 spiro atoms. The zero-order valence-corrected chi connectivity index (χ0v) is 54.0. The van der Waals surface area contributed by atoms with Crippen molar-refractivity contribution in [2.75, 3.05) is 13.2 Å². The van der Waals surface area contributed by atoms with Crippen molar-refractivity contribution in [1.82, 2.24) is 0 Å². The van der Waals surface area contributed by atoms with E-state index in [1.54, 1.807) is 0 Å². The third kappa shape index (κ3) is 66.9. The minimum atomic E-state index is -0.785. The highest BCUT2D eigenvalue weighted by Crippen LogP contribution is 2.17. The molecule has 6 nitrogen and oxygen atoms in total. The lowest BCUT2D eigenvalue weighted by Gasteiger charge is -2.18. The molecular formula is C76H130O6. The molecule has 0 fully saturated rings. The summed E-state index contributed by atoms with van der Waals surface area (Å²) in [6.45, 7) is 6.52. The second kappa shape index (κ2) is 69.6. The van der Waals surface area contributed by atoms with Crippen LogP contribution in [0.2, 0.25) is 0 Å². The summed E-state index contributed by atoms with van der Waals surface area (Å²) < 4.78 is 16.9. The van der Waals surface area contributed by atoms with Crippen molar-refractivity contribution in [1.29, 1.82) is 0 Å². The van der Waals surface area contributed by atoms with Crippen LogP contribution in [0.25, 0.3) is 0 Å². The lowest BCUT2D eigenvalue weighted by Crippen LogP contribution is -2.30. The van der Waals surface area contributed by atoms with Gasteiger partial charge in [0, 0.05) is 19.3 Å². The van der Waals surface area contributed by atoms with E-state index in [1.807, 2.05) is 0 Å². The minimum absolute atomic E-state index is 0.0796. The summed E-state index contributed by atoms with van der Waals surface area (Å²) in [6.07, 6.45) is 95.4. The normalized spacial score (nSPS) is 12.8. The zero-order valence-electron chi connectivity index (χ0n) is 54.0. The third-order valence-electron chi connectivity index (χ3n) is 15.0. The van der Waals surface area contributed by atoms with Crippen LogP contribution in [-0.4, -0.2) is 37.2 Å². The Bertz CT molecular complexity index is 1640. The molecule has 0 rings (SSSR count). The molecule has 0 aliphatic carbocycles. The van der Waals surface area contributed by atoms with Gasteiger partial charge in [-0.3, -0.25) is 14.4 Å². The Labute approximate surface area is 508 Å². The standard InChI is InChI=1S/C76H130O6/c1-4-7-10-13-16-19-22-25-28-29-30-31-32-33-34-35-36-37-38-39-40-41-42-43-44-45-46-47-49-51-54-57-60-63-66-69-75(78)81-72-73(71-80-74(77)68-65-62-59-56-53-50-27-24-21-18-15-12-9-6-3)82-76(79)70-67-64-61-58-55-52-48-26-23-20-17-14-11-8-5-2/h7,10,16-17,19-20,25-26,28,30-31,33-34,36-37,39-40,48,73H,4-6,8-9,11-15,18,21-24,27,29,32,35,38,41-47,49-72H2,1-3H3/b10-7-,19-16-,20-17-,28-25-,31-30-,34-33-,37-36-,40-39-,48-26-. The van der Waals surface area contributed by atoms with Crippen molar-refractivity contribution in [2.45, 2.75) is 341 Å². The molecule has 0 aliphatic rings. The first-order valence-corrected chi connectivity index (χ1v) is 34.9. The van der Waals surface area contributed by atoms with Crippen LogP contribution < -0.4 is 0 Å². The number of carbonyl (C=O) groups excluding carboxylic acids is 3. The maximum absolute atomic E-state index is 12.9. The average Bonchev–Trinajstić information content (AvgIpc) is 3.48. The van der Waals surface area contributed by atoms with E-state index in [1.165, 1.54) is 167 Å². The number of carbonyl (C=O) groups is 3. The van der Waals surface area contributed by atoms with Gasteiger partial charge < -0.3 is 14.2 Å². The largest absolute Gasteiger partial charge is 0.462 e. The molecule has 1 unspecified atom stereocenters. The second-order valence-electron chi connectivity index (χ2n) is 23.1. The first kappa shape index (κ1) is 78.1. The molecule has 0 radical (unpaired) electrons. The molecule has 82 heavy (non-hydrogen) atoms. The molecule has 470 valence electrons. The molecule has 0 bridgehead atoms. The molecule has 0 aromatic heterocycles. The fourth-order valence-electron chi connectivity index (χ4n) is 9.81. The van der Waals surface area contributed by atoms with E-state index in [0.29, 0.717) is 19.3 Å². The minimum Gasteiger partial charge on any atom is -0.462 e. The van der Waals surface area contributed by atoms with Gasteiger partial charge in [-0.05, 0) is 109 Å². The Morgan fingerprint density at radius 1 is 0.256 bits per heavy atom. The lowest BCUT2D eigenvalue weighted by atomic mass is 10.0. The number of hydrogen-bond donors (Lipinski definition) is 0. The van der Waals surface area contributed by atoms with Gasteiger partial charge in [0.15, 0.2) is 6.10 Å². The van der Waals surface area contributed by atoms with Crippen molar-refractivity contribution in [3.05, 3.63) is 109 Å². The summed E-state index contributed by atoms with van der Waals surface area (Å²) in [5, 5.41) is 0. The van der Waals surface area contributed by atoms with Gasteiger partial charge in [-0.15, -0.1) is 0 Å². The molecule has 1 atom stereocenters. The number of hydrogen-bond acceptors (Lipinski definition) is 6. The second-order valence-corrected chi connectivity index (χ2v) is 23.1. The predicted molar refractivity (Wildman–Crippen MR) is 357 cm³/mol. The summed E-state index contributed by atoms with van der Waals surface area (Å²) in [5.74, 6) is -0.881. The molecule has 6 heteroatoms. The van der Waals surface area contributed by atoms with Gasteiger partial charge in [0.2, 0.25) is 0 Å². The Morgan fingerprint density at radius 3 is 0.768 bits per heavy atom. The highest BCUT2D eigenvalue weighted by atomic mass is 16.6. The van der Waals surface area contributed by atoms with E-state index in [-0.39, 0.29) is 31.1 Å². The van der Waals surface area contributed by atoms with Crippen molar-refractivity contribution in [2.24, 2.45) is 0 Å². The Morgan fingerprint density at radius 2 is 0.476 bits per heavy atom. The van der Waals surface area contributed by atoms with E-state index in [2.05, 4.69) is 130 Å². The molecule has 0 aromatic carbocycles. The Hall–Kier alpha value is -3.93. The first-order chi connectivity index (χ1) is 40.5. The summed E-state index contributed by atoms with van der Waals surface area (Å²) in [5.41, 5.74) is 0. The van der Waals surface area contributed by atoms with Crippen molar-refractivity contribution in [3.63, 3.8) is 0 Å². The lowest BCUT2D eigenvalue weighted by molar-refractivity contribution is -0.167. The van der Waals surface area contributed by atoms with Gasteiger partial charge in [0.1, 0.15) is 13.2 Å². The monoisotopic (exact) mass is 1140 g/mol. The topological polar surface area (TPSA) is 78.9 Å². The zero-order chi connectivity index (χ0) is 59.2. The highest BCUT2D eigenvalue weighted by Gasteiger charge is 2.19. The van der Waals surface area contributed by atoms with Gasteiger partial charge in [0.05, 0.1) is 0 Å². The van der Waals surface area contributed by atoms with E-state index in [4.69, 9.17) is 14.2 Å². The van der Waals surface area contributed by atoms with Crippen LogP contribution in [0.1, 0.15) is 335 Å². The fraction of sp³-hybridized carbons (Fsp3) is 0.724. The molecule has 0 saturated heterocycles. The molecule has 0 heterocycles. The highest BCUT2D eigenvalue weighted by molar-refractivity contribution is 5.71. The molecule has 0 saturated carbocycles. The SMILES string of the molecule is CC/C=C\C/C=C\C/C=C\C/C=C\C/C=C\C/C=C\C/C=C\CCCCCCCCCCCCCCCC(=O)OCC(COC(=O)CCCCCCCCCCCCCCCC)OC(=O)CCCCCCC/C=C\C/C=C\CCCCC. The smallest absolute Gasteiger partial charge is 0.306 e. The van der Waals surface area contributed by atoms with Crippen LogP contribution in [0.5, 0.6) is 0 Å². The number of allylic oxidation sites excluding steroid dienone is 18. The summed E-state index contributed by atoms with van der Waals surface area (Å²) in [6, 6.07) is 0. The van der Waals surface area contributed by atoms with Gasteiger partial charge in [-0.1, -0.05) is 316 Å². The quantitative estimate of drug-likeness (QED) is 0.0261. The van der Waals surface area contributed by atoms with E-state index in [0.717, 1.165) is 128 Å². The number of rotatable bonds is 63. The molecule has 0 aromatic rings. The summed E-state index contributed by atoms with van der Waals surface area (Å²) in [4.78, 5) is 38.3. The van der Waals surface area contributed by atoms with Gasteiger partial charge in [-0.25, -0.2) is 0 Å². The Balaban J connectivity index is 4.19. The average molecular weight is 1140 g/mol. The van der Waals surface area contributed by atoms with E-state index in [9.17, 15) is 14.4 Å². The number of esters is 3. The molecule has 0 aliphatic heterocycles. The molecular weight excluding hydrogens is 1010 g/mol. The van der Waals surface area contributed by atoms with Gasteiger partial charge >= 0.3 is 17.9 Å². The number of unbranched alkanes of at least 4 members (excludes halogenated alkanes) is 34. The van der Waals surface area contributed by atoms with E-state index >= 15 is 0 Å². The number of ether oxygens (including phenoxy) is 3. The van der Waals surface area contributed by atoms with Crippen LogP contribution in [0.4, 0.5) is 0 Å². The maximum atomic E-state index is 12.9. The van der Waals surface area contributed by atoms with Crippen LogP contribution in [-0.2, 0) is 28.6 Å². The van der Waals surface area contributed by atoms with Crippen LogP contribution >= 0.6 is 0 Å². The van der Waals surface area contributed by atoms with Gasteiger partial charge in [-0.2, -0.15) is 0 Å². The summed E-state index contributed by atoms with van der Waals surface area (Å²) in [7, 11) is 0.